The van der Waals surface area contributed by atoms with E-state index in [-0.39, 0.29) is 0 Å². The molecule has 3 aromatic rings. The summed E-state index contributed by atoms with van der Waals surface area (Å²) in [6.45, 7) is 0.772. The molecule has 3 rings (SSSR count). The highest BCUT2D eigenvalue weighted by atomic mass is 35.5. The average molecular weight is 269 g/mol. The number of pyridine rings is 1. The molecular weight excluding hydrogens is 256 g/mol. The first kappa shape index (κ1) is 12.0. The van der Waals surface area contributed by atoms with Gasteiger partial charge in [0.2, 0.25) is 0 Å². The molecule has 94 valence electrons. The van der Waals surface area contributed by atoms with Crippen LogP contribution in [0.5, 0.6) is 0 Å². The van der Waals surface area contributed by atoms with Crippen LogP contribution in [0.1, 0.15) is 5.56 Å². The number of hydrogen-bond donors (Lipinski definition) is 1. The summed E-state index contributed by atoms with van der Waals surface area (Å²) in [7, 11) is 0. The molecule has 19 heavy (non-hydrogen) atoms. The molecule has 0 radical (unpaired) electrons. The molecule has 1 N–H and O–H groups in total. The summed E-state index contributed by atoms with van der Waals surface area (Å²) >= 11 is 5.76. The highest BCUT2D eigenvalue weighted by Crippen LogP contribution is 2.17. The van der Waals surface area contributed by atoms with Crippen LogP contribution in [0.15, 0.2) is 60.8 Å². The van der Waals surface area contributed by atoms with Crippen molar-refractivity contribution in [1.29, 1.82) is 0 Å². The largest absolute Gasteiger partial charge is 0.380 e. The molecule has 0 atom stereocenters. The summed E-state index contributed by atoms with van der Waals surface area (Å²) in [5.41, 5.74) is 2.21. The minimum atomic E-state index is 0.510. The monoisotopic (exact) mass is 268 g/mol. The second kappa shape index (κ2) is 5.29. The van der Waals surface area contributed by atoms with Gasteiger partial charge in [0.25, 0.3) is 0 Å². The van der Waals surface area contributed by atoms with Crippen molar-refractivity contribution in [3.05, 3.63) is 71.5 Å². The quantitative estimate of drug-likeness (QED) is 0.708. The smallest absolute Gasteiger partial charge is 0.129 e. The number of nitrogens with zero attached hydrogens (tertiary/aromatic N) is 1. The third-order valence-electron chi connectivity index (χ3n) is 3.04. The Labute approximate surface area is 117 Å². The number of benzene rings is 2. The van der Waals surface area contributed by atoms with E-state index in [1.165, 1.54) is 16.3 Å². The van der Waals surface area contributed by atoms with E-state index < -0.39 is 0 Å². The van der Waals surface area contributed by atoms with Gasteiger partial charge in [-0.15, -0.1) is 0 Å². The minimum absolute atomic E-state index is 0.510. The Balaban J connectivity index is 1.76. The number of fused-ring (bicyclic) bond motifs is 1. The molecular formula is C16H13ClN2. The van der Waals surface area contributed by atoms with Crippen LogP contribution in [-0.4, -0.2) is 4.98 Å². The van der Waals surface area contributed by atoms with Crippen LogP contribution >= 0.6 is 11.6 Å². The topological polar surface area (TPSA) is 24.9 Å². The van der Waals surface area contributed by atoms with E-state index in [1.807, 2.05) is 6.07 Å². The maximum Gasteiger partial charge on any atom is 0.129 e. The van der Waals surface area contributed by atoms with E-state index >= 15 is 0 Å². The summed E-state index contributed by atoms with van der Waals surface area (Å²) in [4.78, 5) is 4.04. The first-order valence-corrected chi connectivity index (χ1v) is 6.52. The van der Waals surface area contributed by atoms with Gasteiger partial charge in [0.1, 0.15) is 5.15 Å². The van der Waals surface area contributed by atoms with Gasteiger partial charge in [-0.05, 0) is 34.5 Å². The lowest BCUT2D eigenvalue weighted by Gasteiger charge is -2.07. The van der Waals surface area contributed by atoms with Crippen molar-refractivity contribution in [3.63, 3.8) is 0 Å². The van der Waals surface area contributed by atoms with Gasteiger partial charge in [0, 0.05) is 6.54 Å². The highest BCUT2D eigenvalue weighted by molar-refractivity contribution is 6.29. The molecule has 0 unspecified atom stereocenters. The maximum atomic E-state index is 5.76. The molecule has 0 saturated heterocycles. The molecule has 2 aromatic carbocycles. The van der Waals surface area contributed by atoms with Crippen molar-refractivity contribution in [2.45, 2.75) is 6.54 Å². The van der Waals surface area contributed by atoms with Crippen LogP contribution in [-0.2, 0) is 6.54 Å². The van der Waals surface area contributed by atoms with Gasteiger partial charge in [0.05, 0.1) is 11.9 Å². The van der Waals surface area contributed by atoms with Gasteiger partial charge in [-0.3, -0.25) is 0 Å². The van der Waals surface area contributed by atoms with Crippen LogP contribution in [0.3, 0.4) is 0 Å². The van der Waals surface area contributed by atoms with Gasteiger partial charge in [-0.25, -0.2) is 4.98 Å². The van der Waals surface area contributed by atoms with Crippen molar-refractivity contribution >= 4 is 28.1 Å². The Hall–Kier alpha value is -2.06. The van der Waals surface area contributed by atoms with Crippen LogP contribution < -0.4 is 5.32 Å². The van der Waals surface area contributed by atoms with Crippen molar-refractivity contribution in [2.24, 2.45) is 0 Å². The van der Waals surface area contributed by atoms with Gasteiger partial charge in [-0.2, -0.15) is 0 Å². The van der Waals surface area contributed by atoms with Crippen molar-refractivity contribution in [3.8, 4) is 0 Å². The Bertz CT molecular complexity index is 692. The lowest BCUT2D eigenvalue weighted by Crippen LogP contribution is -1.99. The number of halogens is 1. The van der Waals surface area contributed by atoms with E-state index in [2.05, 4.69) is 52.8 Å². The predicted octanol–water partition coefficient (Wildman–Crippen LogP) is 4.50. The maximum absolute atomic E-state index is 5.76. The third-order valence-corrected chi connectivity index (χ3v) is 3.26. The van der Waals surface area contributed by atoms with Gasteiger partial charge in [-0.1, -0.05) is 48.0 Å². The Morgan fingerprint density at radius 1 is 0.947 bits per heavy atom. The van der Waals surface area contributed by atoms with E-state index in [9.17, 15) is 0 Å². The molecule has 0 aliphatic rings. The molecule has 0 fully saturated rings. The van der Waals surface area contributed by atoms with E-state index in [1.54, 1.807) is 12.3 Å². The Morgan fingerprint density at radius 2 is 1.79 bits per heavy atom. The molecule has 0 saturated carbocycles. The zero-order valence-electron chi connectivity index (χ0n) is 10.3. The lowest BCUT2D eigenvalue weighted by molar-refractivity contribution is 1.14. The molecule has 0 aliphatic carbocycles. The highest BCUT2D eigenvalue weighted by Gasteiger charge is 1.97. The van der Waals surface area contributed by atoms with E-state index in [0.717, 1.165) is 12.2 Å². The number of nitrogens with one attached hydrogen (secondary N) is 1. The minimum Gasteiger partial charge on any atom is -0.380 e. The normalized spacial score (nSPS) is 10.6. The Kier molecular flexibility index (Phi) is 3.34. The second-order valence-corrected chi connectivity index (χ2v) is 4.79. The molecule has 1 aromatic heterocycles. The van der Waals surface area contributed by atoms with Gasteiger partial charge < -0.3 is 5.32 Å². The number of anilines is 1. The lowest BCUT2D eigenvalue weighted by atomic mass is 10.1. The van der Waals surface area contributed by atoms with E-state index in [0.29, 0.717) is 5.15 Å². The van der Waals surface area contributed by atoms with E-state index in [4.69, 9.17) is 11.6 Å². The fraction of sp³-hybridized carbons (Fsp3) is 0.0625. The first-order chi connectivity index (χ1) is 9.31. The number of rotatable bonds is 3. The van der Waals surface area contributed by atoms with Gasteiger partial charge in [0.15, 0.2) is 0 Å². The summed E-state index contributed by atoms with van der Waals surface area (Å²) in [6.07, 6.45) is 1.74. The predicted molar refractivity (Wildman–Crippen MR) is 80.5 cm³/mol. The molecule has 2 nitrogen and oxygen atoms in total. The SMILES string of the molecule is Clc1ccc(NCc2ccc3ccccc3c2)cn1. The Morgan fingerprint density at radius 3 is 2.58 bits per heavy atom. The molecule has 1 heterocycles. The zero-order chi connectivity index (χ0) is 13.1. The van der Waals surface area contributed by atoms with Crippen molar-refractivity contribution in [2.75, 3.05) is 5.32 Å². The fourth-order valence-corrected chi connectivity index (χ4v) is 2.15. The van der Waals surface area contributed by atoms with Crippen LogP contribution in [0, 0.1) is 0 Å². The number of aromatic nitrogens is 1. The molecule has 0 amide bonds. The van der Waals surface area contributed by atoms with Crippen LogP contribution in [0.25, 0.3) is 10.8 Å². The fourth-order valence-electron chi connectivity index (χ4n) is 2.03. The summed E-state index contributed by atoms with van der Waals surface area (Å²) < 4.78 is 0. The van der Waals surface area contributed by atoms with Gasteiger partial charge >= 0.3 is 0 Å². The van der Waals surface area contributed by atoms with Crippen molar-refractivity contribution < 1.29 is 0 Å². The summed E-state index contributed by atoms with van der Waals surface area (Å²) in [6, 6.07) is 18.6. The molecule has 0 aliphatic heterocycles. The molecule has 3 heteroatoms. The van der Waals surface area contributed by atoms with Crippen LogP contribution in [0.4, 0.5) is 5.69 Å². The average Bonchev–Trinajstić information content (AvgIpc) is 2.46. The molecule has 0 bridgehead atoms. The number of hydrogen-bond acceptors (Lipinski definition) is 2. The summed E-state index contributed by atoms with van der Waals surface area (Å²) in [5.74, 6) is 0. The molecule has 0 spiro atoms. The first-order valence-electron chi connectivity index (χ1n) is 6.14. The van der Waals surface area contributed by atoms with Crippen LogP contribution in [0.2, 0.25) is 5.15 Å². The zero-order valence-corrected chi connectivity index (χ0v) is 11.1. The third kappa shape index (κ3) is 2.85. The summed E-state index contributed by atoms with van der Waals surface area (Å²) in [5, 5.41) is 6.37. The van der Waals surface area contributed by atoms with Crippen molar-refractivity contribution in [1.82, 2.24) is 4.98 Å². The second-order valence-electron chi connectivity index (χ2n) is 4.40. The standard InChI is InChI=1S/C16H13ClN2/c17-16-8-7-15(11-19-16)18-10-12-5-6-13-3-1-2-4-14(13)9-12/h1-9,11,18H,10H2.